The van der Waals surface area contributed by atoms with Crippen LogP contribution >= 0.6 is 0 Å². The standard InChI is InChI=1S/C72H93N7O13/c1-47(65(85)76-54-23-19-50-21-26-60-70(3,56(50)45-54)32-11-34-72(60,5)68(88)78-67(87)71(4)33-10-31-69(2)55-44-53(73)22-18-49(55)20-25-59(69)71)75-66(86)57(24-29-64(83)84)77-62(81)30-36-89-38-40-91-42-43-92-41-39-90-37-35-74-61(80)27-28-63(82)79-46-52-14-7-6-12-48(52)16-17-51-13-8-9-15-58(51)79/h6-9,12-19,22-23,44-45,47,57,59-60H,10-11,20-21,24-43,46,73H2,1-5H3,(H,74,80)(H,75,86)(H,76,85)(H,77,81)(H,83,84)(H,78,87,88)/b17-16-/t47-,57-,59+,60+,69+,70+,71-,72-/m0/s1. The number of nitrogen functional groups attached to an aromatic ring is 1. The predicted molar refractivity (Wildman–Crippen MR) is 351 cm³/mol. The Kier molecular flexibility index (Phi) is 22.9. The molecule has 2 saturated carbocycles. The van der Waals surface area contributed by atoms with Crippen molar-refractivity contribution in [3.8, 4) is 0 Å². The first-order valence-corrected chi connectivity index (χ1v) is 32.9. The monoisotopic (exact) mass is 1260 g/mol. The van der Waals surface area contributed by atoms with Crippen molar-refractivity contribution in [2.75, 3.05) is 75.4 Å². The van der Waals surface area contributed by atoms with E-state index in [1.165, 1.54) is 18.1 Å². The van der Waals surface area contributed by atoms with Gasteiger partial charge < -0.3 is 56.0 Å². The Morgan fingerprint density at radius 3 is 1.80 bits per heavy atom. The van der Waals surface area contributed by atoms with Gasteiger partial charge in [0.15, 0.2) is 0 Å². The fourth-order valence-electron chi connectivity index (χ4n) is 15.4. The molecule has 4 aromatic carbocycles. The average Bonchev–Trinajstić information content (AvgIpc) is 0.729. The molecule has 92 heavy (non-hydrogen) atoms. The van der Waals surface area contributed by atoms with Gasteiger partial charge >= 0.3 is 5.97 Å². The first-order valence-electron chi connectivity index (χ1n) is 32.9. The van der Waals surface area contributed by atoms with Crippen molar-refractivity contribution in [3.05, 3.63) is 124 Å². The van der Waals surface area contributed by atoms with E-state index in [1.54, 1.807) is 4.90 Å². The molecule has 4 aromatic rings. The highest BCUT2D eigenvalue weighted by molar-refractivity contribution is 6.02. The summed E-state index contributed by atoms with van der Waals surface area (Å²) in [6, 6.07) is 25.3. The van der Waals surface area contributed by atoms with Crippen molar-refractivity contribution in [1.29, 1.82) is 0 Å². The maximum atomic E-state index is 14.8. The number of ether oxygens (including phenoxy) is 4. The minimum Gasteiger partial charge on any atom is -0.481 e. The zero-order valence-corrected chi connectivity index (χ0v) is 54.1. The van der Waals surface area contributed by atoms with Crippen LogP contribution in [0.2, 0.25) is 0 Å². The van der Waals surface area contributed by atoms with Crippen molar-refractivity contribution in [1.82, 2.24) is 21.3 Å². The van der Waals surface area contributed by atoms with E-state index in [9.17, 15) is 43.5 Å². The van der Waals surface area contributed by atoms with Gasteiger partial charge in [-0.05, 0) is 157 Å². The van der Waals surface area contributed by atoms with Crippen molar-refractivity contribution in [2.45, 2.75) is 160 Å². The van der Waals surface area contributed by atoms with E-state index in [0.29, 0.717) is 44.9 Å². The van der Waals surface area contributed by atoms with Crippen LogP contribution < -0.4 is 37.2 Å². The molecular formula is C72H93N7O13. The molecule has 8 N–H and O–H groups in total. The van der Waals surface area contributed by atoms with Gasteiger partial charge in [0.05, 0.1) is 75.9 Å². The Labute approximate surface area is 540 Å². The maximum absolute atomic E-state index is 14.8. The van der Waals surface area contributed by atoms with Crippen LogP contribution in [0.1, 0.15) is 157 Å². The van der Waals surface area contributed by atoms with Gasteiger partial charge in [-0.1, -0.05) is 107 Å². The molecule has 0 aromatic heterocycles. The molecular weight excluding hydrogens is 1170 g/mol. The van der Waals surface area contributed by atoms with Crippen LogP contribution in [0.25, 0.3) is 12.2 Å². The molecule has 4 aliphatic carbocycles. The number of nitrogens with zero attached hydrogens (tertiary/aromatic N) is 1. The molecule has 20 nitrogen and oxygen atoms in total. The largest absolute Gasteiger partial charge is 0.481 e. The minimum absolute atomic E-state index is 0.00779. The topological polar surface area (TPSA) is 283 Å². The number of nitrogens with one attached hydrogen (secondary N) is 5. The third-order valence-corrected chi connectivity index (χ3v) is 20.4. The van der Waals surface area contributed by atoms with Crippen LogP contribution in [-0.4, -0.2) is 124 Å². The van der Waals surface area contributed by atoms with Gasteiger partial charge in [-0.2, -0.15) is 0 Å². The highest BCUT2D eigenvalue weighted by atomic mass is 16.6. The molecule has 2 fully saturated rings. The van der Waals surface area contributed by atoms with Gasteiger partial charge in [-0.25, -0.2) is 0 Å². The van der Waals surface area contributed by atoms with Gasteiger partial charge in [0.2, 0.25) is 41.4 Å². The van der Waals surface area contributed by atoms with Crippen LogP contribution in [0.4, 0.5) is 17.1 Å². The Morgan fingerprint density at radius 1 is 0.598 bits per heavy atom. The third-order valence-electron chi connectivity index (χ3n) is 20.4. The van der Waals surface area contributed by atoms with E-state index in [0.717, 1.165) is 90.6 Å². The van der Waals surface area contributed by atoms with Gasteiger partial charge in [-0.3, -0.25) is 43.7 Å². The number of aliphatic carboxylic acids is 1. The summed E-state index contributed by atoms with van der Waals surface area (Å²) in [4.78, 5) is 109. The second kappa shape index (κ2) is 30.8. The second-order valence-corrected chi connectivity index (χ2v) is 26.5. The molecule has 0 bridgehead atoms. The van der Waals surface area contributed by atoms with Crippen molar-refractivity contribution in [3.63, 3.8) is 0 Å². The molecule has 0 radical (unpaired) electrons. The average molecular weight is 1260 g/mol. The van der Waals surface area contributed by atoms with Gasteiger partial charge in [0, 0.05) is 43.6 Å². The zero-order chi connectivity index (χ0) is 65.6. The van der Waals surface area contributed by atoms with Crippen molar-refractivity contribution >= 4 is 76.5 Å². The van der Waals surface area contributed by atoms with E-state index in [1.807, 2.05) is 85.8 Å². The quantitative estimate of drug-likeness (QED) is 0.0160. The molecule has 0 saturated heterocycles. The van der Waals surface area contributed by atoms with E-state index >= 15 is 0 Å². The number of carbonyl (C=O) groups is 8. The lowest BCUT2D eigenvalue weighted by Crippen LogP contribution is -2.60. The van der Waals surface area contributed by atoms with Gasteiger partial charge in [0.1, 0.15) is 12.1 Å². The molecule has 1 heterocycles. The lowest BCUT2D eigenvalue weighted by atomic mass is 9.49. The summed E-state index contributed by atoms with van der Waals surface area (Å²) in [6.07, 6.45) is 11.4. The zero-order valence-electron chi connectivity index (χ0n) is 54.1. The molecule has 7 amide bonds. The van der Waals surface area contributed by atoms with E-state index in [2.05, 4.69) is 65.6 Å². The number of aryl methyl sites for hydroxylation is 2. The third kappa shape index (κ3) is 16.2. The number of hydrogen-bond acceptors (Lipinski definition) is 13. The highest BCUT2D eigenvalue weighted by Crippen LogP contribution is 2.60. The normalized spacial score (nSPS) is 23.7. The number of nitrogens with two attached hydrogens (primary N) is 1. The maximum Gasteiger partial charge on any atom is 0.303 e. The summed E-state index contributed by atoms with van der Waals surface area (Å²) in [5.41, 5.74) is 13.8. The van der Waals surface area contributed by atoms with Crippen molar-refractivity contribution in [2.24, 2.45) is 22.7 Å². The van der Waals surface area contributed by atoms with Crippen LogP contribution in [-0.2, 0) is 87.5 Å². The number of hydrogen-bond donors (Lipinski definition) is 7. The van der Waals surface area contributed by atoms with Crippen LogP contribution in [0.3, 0.4) is 0 Å². The SMILES string of the molecule is C[C@H](NC(=O)[C@H](CCC(=O)O)NC(=O)CCOCCOCCOCCOCCNC(=O)CCC(=O)N1Cc2ccccc2/C=C\c2ccccc21)C(=O)Nc1ccc2c(c1)[C@@]1(C)CCC[C@](C)(C(=O)NC(=O)[C@@]3(C)CCC[C@]4(C)c5cc(N)ccc5CC[C@@H]34)[C@@H]1CC2. The number of carboxylic acid groups (broad SMARTS) is 1. The summed E-state index contributed by atoms with van der Waals surface area (Å²) in [5.74, 6) is -3.76. The smallest absolute Gasteiger partial charge is 0.303 e. The van der Waals surface area contributed by atoms with Gasteiger partial charge in [0.25, 0.3) is 0 Å². The summed E-state index contributed by atoms with van der Waals surface area (Å²) in [5, 5.41) is 23.5. The molecule has 0 unspecified atom stereocenters. The summed E-state index contributed by atoms with van der Waals surface area (Å²) >= 11 is 0. The first-order chi connectivity index (χ1) is 44.1. The predicted octanol–water partition coefficient (Wildman–Crippen LogP) is 8.50. The molecule has 0 spiro atoms. The number of rotatable bonds is 28. The first kappa shape index (κ1) is 68.6. The van der Waals surface area contributed by atoms with E-state index < -0.39 is 58.4 Å². The lowest BCUT2D eigenvalue weighted by molar-refractivity contribution is -0.150. The van der Waals surface area contributed by atoms with Gasteiger partial charge in [-0.15, -0.1) is 0 Å². The molecule has 1 aliphatic heterocycles. The Morgan fingerprint density at radius 2 is 1.16 bits per heavy atom. The van der Waals surface area contributed by atoms with Crippen LogP contribution in [0.15, 0.2) is 84.9 Å². The number of para-hydroxylation sites is 1. The minimum atomic E-state index is -1.24. The number of carbonyl (C=O) groups excluding carboxylic acids is 7. The van der Waals surface area contributed by atoms with E-state index in [4.69, 9.17) is 24.7 Å². The summed E-state index contributed by atoms with van der Waals surface area (Å²) in [6.45, 7) is 12.6. The van der Waals surface area contributed by atoms with E-state index in [-0.39, 0.29) is 106 Å². The second-order valence-electron chi connectivity index (χ2n) is 26.5. The summed E-state index contributed by atoms with van der Waals surface area (Å²) in [7, 11) is 0. The number of fused-ring (bicyclic) bond motifs is 8. The fourth-order valence-corrected chi connectivity index (χ4v) is 15.4. The lowest BCUT2D eigenvalue weighted by Gasteiger charge is -2.56. The van der Waals surface area contributed by atoms with Crippen LogP contribution in [0, 0.1) is 22.7 Å². The number of benzene rings is 4. The molecule has 494 valence electrons. The molecule has 5 aliphatic rings. The number of amides is 7. The molecule has 9 rings (SSSR count). The number of imide groups is 1. The van der Waals surface area contributed by atoms with Crippen molar-refractivity contribution < 1.29 is 62.4 Å². The number of carboxylic acids is 1. The Balaban J connectivity index is 0.644. The Bertz CT molecular complexity index is 3390. The fraction of sp³-hybridized carbons (Fsp3) is 0.528. The summed E-state index contributed by atoms with van der Waals surface area (Å²) < 4.78 is 22.3. The number of anilines is 3. The Hall–Kier alpha value is -7.78. The van der Waals surface area contributed by atoms with Crippen LogP contribution in [0.5, 0.6) is 0 Å². The molecule has 8 atom stereocenters. The highest BCUT2D eigenvalue weighted by Gasteiger charge is 2.58. The molecule has 20 heteroatoms.